The number of nitrogens with zero attached hydrogens (tertiary/aromatic N) is 1. The van der Waals surface area contributed by atoms with Crippen LogP contribution in [-0.4, -0.2) is 12.6 Å². The number of hydrogen-bond acceptors (Lipinski definition) is 2. The van der Waals surface area contributed by atoms with Crippen molar-refractivity contribution < 1.29 is 22.7 Å². The molecule has 1 saturated heterocycles. The van der Waals surface area contributed by atoms with Gasteiger partial charge in [0, 0.05) is 10.7 Å². The third-order valence-corrected chi connectivity index (χ3v) is 4.97. The molecule has 0 aromatic heterocycles. The van der Waals surface area contributed by atoms with Crippen LogP contribution in [0.3, 0.4) is 0 Å². The maximum Gasteiger partial charge on any atom is 0.416 e. The summed E-state index contributed by atoms with van der Waals surface area (Å²) in [7, 11) is 0. The fraction of sp³-hybridized carbons (Fsp3) is 0.136. The van der Waals surface area contributed by atoms with Crippen LogP contribution < -0.4 is 15.0 Å². The van der Waals surface area contributed by atoms with Crippen molar-refractivity contribution in [2.75, 3.05) is 11.4 Å². The lowest BCUT2D eigenvalue weighted by Crippen LogP contribution is -2.27. The summed E-state index contributed by atoms with van der Waals surface area (Å²) < 4.78 is 44.6. The summed E-state index contributed by atoms with van der Waals surface area (Å²) in [6.07, 6.45) is -4.43. The van der Waals surface area contributed by atoms with Gasteiger partial charge in [-0.15, -0.1) is 0 Å². The van der Waals surface area contributed by atoms with Gasteiger partial charge in [0.1, 0.15) is 11.5 Å². The molecule has 4 nitrogen and oxygen atoms in total. The number of urea groups is 1. The van der Waals surface area contributed by atoms with Crippen molar-refractivity contribution >= 4 is 23.3 Å². The second-order valence-corrected chi connectivity index (χ2v) is 7.22. The normalized spacial score (nSPS) is 16.5. The first-order chi connectivity index (χ1) is 14.3. The van der Waals surface area contributed by atoms with Crippen molar-refractivity contribution in [2.45, 2.75) is 12.2 Å². The second kappa shape index (κ2) is 7.91. The summed E-state index contributed by atoms with van der Waals surface area (Å²) in [6, 6.07) is 17.9. The van der Waals surface area contributed by atoms with Crippen LogP contribution in [0.5, 0.6) is 11.5 Å². The van der Waals surface area contributed by atoms with E-state index in [2.05, 4.69) is 5.32 Å². The summed E-state index contributed by atoms with van der Waals surface area (Å²) in [6.45, 7) is 0.220. The van der Waals surface area contributed by atoms with Gasteiger partial charge in [-0.1, -0.05) is 23.7 Å². The summed E-state index contributed by atoms with van der Waals surface area (Å²) in [4.78, 5) is 13.9. The summed E-state index contributed by atoms with van der Waals surface area (Å²) in [5, 5.41) is 3.34. The lowest BCUT2D eigenvalue weighted by Gasteiger charge is -2.16. The third kappa shape index (κ3) is 4.36. The average molecular weight is 433 g/mol. The Morgan fingerprint density at radius 3 is 2.23 bits per heavy atom. The van der Waals surface area contributed by atoms with Crippen LogP contribution in [-0.2, 0) is 6.18 Å². The molecule has 1 atom stereocenters. The smallest absolute Gasteiger partial charge is 0.416 e. The minimum absolute atomic E-state index is 0.220. The molecule has 154 valence electrons. The molecule has 0 unspecified atom stereocenters. The molecule has 0 radical (unpaired) electrons. The topological polar surface area (TPSA) is 41.6 Å². The van der Waals surface area contributed by atoms with Crippen molar-refractivity contribution in [3.63, 3.8) is 0 Å². The molecule has 0 saturated carbocycles. The fourth-order valence-electron chi connectivity index (χ4n) is 3.21. The van der Waals surface area contributed by atoms with Gasteiger partial charge >= 0.3 is 12.2 Å². The van der Waals surface area contributed by atoms with E-state index in [0.717, 1.165) is 12.1 Å². The standard InChI is InChI=1S/C22H16ClF3N2O2/c23-16-4-8-18(9-5-16)30-19-10-6-17(7-11-19)28-13-20(27-21(28)29)14-2-1-3-15(12-14)22(24,25)26/h1-12,20H,13H2,(H,27,29)/t20-/m0/s1. The number of alkyl halides is 3. The maximum atomic E-state index is 13.0. The van der Waals surface area contributed by atoms with E-state index in [9.17, 15) is 18.0 Å². The Balaban J connectivity index is 1.47. The van der Waals surface area contributed by atoms with Gasteiger partial charge in [-0.05, 0) is 66.2 Å². The molecule has 8 heteroatoms. The van der Waals surface area contributed by atoms with E-state index in [1.54, 1.807) is 54.6 Å². The van der Waals surface area contributed by atoms with Crippen LogP contribution in [0.15, 0.2) is 72.8 Å². The van der Waals surface area contributed by atoms with Gasteiger partial charge in [-0.25, -0.2) is 4.79 Å². The number of hydrogen-bond donors (Lipinski definition) is 1. The SMILES string of the molecule is O=C1N[C@H](c2cccc(C(F)(F)F)c2)CN1c1ccc(Oc2ccc(Cl)cc2)cc1. The lowest BCUT2D eigenvalue weighted by molar-refractivity contribution is -0.137. The summed E-state index contributed by atoms with van der Waals surface area (Å²) in [5.74, 6) is 1.20. The predicted molar refractivity (Wildman–Crippen MR) is 108 cm³/mol. The maximum absolute atomic E-state index is 13.0. The number of benzene rings is 3. The number of anilines is 1. The molecule has 1 aliphatic rings. The Hall–Kier alpha value is -3.19. The van der Waals surface area contributed by atoms with Crippen molar-refractivity contribution in [3.05, 3.63) is 88.9 Å². The lowest BCUT2D eigenvalue weighted by atomic mass is 10.0. The Morgan fingerprint density at radius 1 is 0.967 bits per heavy atom. The zero-order valence-corrected chi connectivity index (χ0v) is 16.2. The van der Waals surface area contributed by atoms with Gasteiger partial charge in [-0.3, -0.25) is 4.90 Å². The van der Waals surface area contributed by atoms with E-state index in [1.807, 2.05) is 0 Å². The number of amides is 2. The first kappa shape index (κ1) is 20.1. The minimum Gasteiger partial charge on any atom is -0.457 e. The van der Waals surface area contributed by atoms with Gasteiger partial charge in [0.2, 0.25) is 0 Å². The van der Waals surface area contributed by atoms with E-state index in [4.69, 9.17) is 16.3 Å². The Kier molecular flexibility index (Phi) is 5.30. The number of nitrogens with one attached hydrogen (secondary N) is 1. The molecule has 0 aliphatic carbocycles. The molecule has 0 bridgehead atoms. The van der Waals surface area contributed by atoms with E-state index in [0.29, 0.717) is 27.8 Å². The quantitative estimate of drug-likeness (QED) is 0.516. The van der Waals surface area contributed by atoms with E-state index >= 15 is 0 Å². The Bertz CT molecular complexity index is 1050. The molecular weight excluding hydrogens is 417 g/mol. The first-order valence-electron chi connectivity index (χ1n) is 9.08. The van der Waals surface area contributed by atoms with Gasteiger partial charge in [-0.2, -0.15) is 13.2 Å². The van der Waals surface area contributed by atoms with E-state index < -0.39 is 17.8 Å². The first-order valence-corrected chi connectivity index (χ1v) is 9.46. The molecule has 1 N–H and O–H groups in total. The molecule has 30 heavy (non-hydrogen) atoms. The van der Waals surface area contributed by atoms with Crippen LogP contribution in [0.2, 0.25) is 5.02 Å². The molecule has 1 heterocycles. The van der Waals surface area contributed by atoms with E-state index in [-0.39, 0.29) is 12.6 Å². The van der Waals surface area contributed by atoms with Gasteiger partial charge in [0.05, 0.1) is 18.2 Å². The van der Waals surface area contributed by atoms with Crippen LogP contribution in [0.4, 0.5) is 23.7 Å². The highest BCUT2D eigenvalue weighted by Gasteiger charge is 2.34. The second-order valence-electron chi connectivity index (χ2n) is 6.79. The highest BCUT2D eigenvalue weighted by Crippen LogP contribution is 2.33. The van der Waals surface area contributed by atoms with Crippen LogP contribution in [0, 0.1) is 0 Å². The minimum atomic E-state index is -4.43. The molecule has 3 aromatic carbocycles. The van der Waals surface area contributed by atoms with Crippen molar-refractivity contribution in [1.29, 1.82) is 0 Å². The van der Waals surface area contributed by atoms with Gasteiger partial charge in [0.25, 0.3) is 0 Å². The summed E-state index contributed by atoms with van der Waals surface area (Å²) in [5.41, 5.74) is 0.283. The Morgan fingerprint density at radius 2 is 1.60 bits per heavy atom. The van der Waals surface area contributed by atoms with E-state index in [1.165, 1.54) is 11.0 Å². The molecule has 4 rings (SSSR count). The third-order valence-electron chi connectivity index (χ3n) is 4.72. The highest BCUT2D eigenvalue weighted by atomic mass is 35.5. The van der Waals surface area contributed by atoms with Crippen molar-refractivity contribution in [1.82, 2.24) is 5.32 Å². The zero-order valence-electron chi connectivity index (χ0n) is 15.5. The molecule has 1 aliphatic heterocycles. The molecule has 2 amide bonds. The van der Waals surface area contributed by atoms with Crippen LogP contribution in [0.1, 0.15) is 17.2 Å². The van der Waals surface area contributed by atoms with Crippen molar-refractivity contribution in [3.8, 4) is 11.5 Å². The largest absolute Gasteiger partial charge is 0.457 e. The zero-order chi connectivity index (χ0) is 21.3. The number of ether oxygens (including phenoxy) is 1. The summed E-state index contributed by atoms with van der Waals surface area (Å²) >= 11 is 5.85. The number of halogens is 4. The molecular formula is C22H16ClF3N2O2. The fourth-order valence-corrected chi connectivity index (χ4v) is 3.34. The molecule has 0 spiro atoms. The number of rotatable bonds is 4. The molecule has 1 fully saturated rings. The number of carbonyl (C=O) groups excluding carboxylic acids is 1. The van der Waals surface area contributed by atoms with Gasteiger partial charge in [0.15, 0.2) is 0 Å². The molecule has 3 aromatic rings. The Labute approximate surface area is 175 Å². The van der Waals surface area contributed by atoms with Gasteiger partial charge < -0.3 is 10.1 Å². The highest BCUT2D eigenvalue weighted by molar-refractivity contribution is 6.30. The average Bonchev–Trinajstić information content (AvgIpc) is 3.11. The predicted octanol–water partition coefficient (Wildman–Crippen LogP) is 6.42. The van der Waals surface area contributed by atoms with Crippen molar-refractivity contribution in [2.24, 2.45) is 0 Å². The monoisotopic (exact) mass is 432 g/mol. The number of carbonyl (C=O) groups is 1. The van der Waals surface area contributed by atoms with Crippen LogP contribution >= 0.6 is 11.6 Å². The van der Waals surface area contributed by atoms with Crippen LogP contribution in [0.25, 0.3) is 0 Å².